The summed E-state index contributed by atoms with van der Waals surface area (Å²) in [6.45, 7) is 3.13. The first kappa shape index (κ1) is 20.1. The predicted molar refractivity (Wildman–Crippen MR) is 108 cm³/mol. The fourth-order valence-electron chi connectivity index (χ4n) is 3.50. The third-order valence-corrected chi connectivity index (χ3v) is 5.36. The van der Waals surface area contributed by atoms with Crippen molar-refractivity contribution < 1.29 is 18.0 Å². The van der Waals surface area contributed by atoms with Gasteiger partial charge in [-0.1, -0.05) is 11.6 Å². The van der Waals surface area contributed by atoms with Crippen molar-refractivity contribution in [1.82, 2.24) is 14.9 Å². The normalized spacial score (nSPS) is 16.9. The number of hydrogen-bond acceptors (Lipinski definition) is 6. The number of hydrogen-bond donors (Lipinski definition) is 2. The summed E-state index contributed by atoms with van der Waals surface area (Å²) in [5.74, 6) is -2.36. The highest BCUT2D eigenvalue weighted by Gasteiger charge is 2.27. The van der Waals surface area contributed by atoms with Gasteiger partial charge in [-0.2, -0.15) is 0 Å². The lowest BCUT2D eigenvalue weighted by Crippen LogP contribution is -2.54. The van der Waals surface area contributed by atoms with E-state index in [1.165, 1.54) is 18.3 Å². The number of halogens is 3. The van der Waals surface area contributed by atoms with Gasteiger partial charge < -0.3 is 19.5 Å². The minimum Gasteiger partial charge on any atom is -0.406 e. The number of amides is 1. The van der Waals surface area contributed by atoms with Gasteiger partial charge in [0.2, 0.25) is 5.91 Å². The van der Waals surface area contributed by atoms with E-state index in [1.54, 1.807) is 11.0 Å². The van der Waals surface area contributed by atoms with Gasteiger partial charge in [-0.25, -0.2) is 18.6 Å². The number of carbonyl (C=O) groups excluding carboxylic acids is 1. The highest BCUT2D eigenvalue weighted by Crippen LogP contribution is 2.28. The first-order valence-electron chi connectivity index (χ1n) is 9.23. The van der Waals surface area contributed by atoms with Crippen LogP contribution in [0.4, 0.5) is 20.2 Å². The zero-order valence-corrected chi connectivity index (χ0v) is 16.7. The summed E-state index contributed by atoms with van der Waals surface area (Å²) in [7, 11) is 0. The Morgan fingerprint density at radius 2 is 2.07 bits per heavy atom. The maximum absolute atomic E-state index is 13.8. The minimum atomic E-state index is -0.814. The second kappa shape index (κ2) is 7.94. The number of rotatable bonds is 4. The van der Waals surface area contributed by atoms with E-state index in [0.717, 1.165) is 0 Å². The van der Waals surface area contributed by atoms with Gasteiger partial charge in [0.05, 0.1) is 18.4 Å². The number of piperazine rings is 1. The predicted octanol–water partition coefficient (Wildman–Crippen LogP) is 2.60. The number of nitrogens with one attached hydrogen (secondary N) is 2. The topological polar surface area (TPSA) is 94.5 Å². The van der Waals surface area contributed by atoms with Crippen molar-refractivity contribution in [2.45, 2.75) is 13.0 Å². The summed E-state index contributed by atoms with van der Waals surface area (Å²) in [5.41, 5.74) is 1.55. The van der Waals surface area contributed by atoms with Crippen molar-refractivity contribution in [2.75, 3.05) is 36.4 Å². The summed E-state index contributed by atoms with van der Waals surface area (Å²) in [4.78, 5) is 33.8. The van der Waals surface area contributed by atoms with Crippen LogP contribution in [-0.4, -0.2) is 53.0 Å². The second-order valence-corrected chi connectivity index (χ2v) is 7.42. The van der Waals surface area contributed by atoms with E-state index >= 15 is 0 Å². The van der Waals surface area contributed by atoms with Crippen LogP contribution in [0.1, 0.15) is 6.92 Å². The Bertz CT molecular complexity index is 1140. The molecule has 2 N–H and O–H groups in total. The summed E-state index contributed by atoms with van der Waals surface area (Å²) in [6.07, 6.45) is 1.49. The number of fused-ring (bicyclic) bond motifs is 1. The summed E-state index contributed by atoms with van der Waals surface area (Å²) in [6, 6.07) is 3.83. The highest BCUT2D eigenvalue weighted by molar-refractivity contribution is 6.31. The van der Waals surface area contributed by atoms with Crippen LogP contribution in [0.5, 0.6) is 0 Å². The van der Waals surface area contributed by atoms with Gasteiger partial charge in [0.25, 0.3) is 0 Å². The Kier molecular flexibility index (Phi) is 5.33. The first-order valence-corrected chi connectivity index (χ1v) is 9.61. The van der Waals surface area contributed by atoms with Gasteiger partial charge in [-0.05, 0) is 19.1 Å². The number of aromatic nitrogens is 2. The standard InChI is InChI=1S/C19H18ClF2N5O3/c1-10-9-26(2-3-27(10)12-5-13(21)17(20)14(22)6-12)16(28)8-23-11-4-15-18(24-7-11)25-19(29)30-15/h4-7,10,23H,2-3,8-9H2,1H3,(H,24,25,29)/t10-/m1/s1. The molecule has 0 saturated carbocycles. The molecule has 4 rings (SSSR count). The average molecular weight is 438 g/mol. The van der Waals surface area contributed by atoms with Crippen molar-refractivity contribution in [3.63, 3.8) is 0 Å². The fourth-order valence-corrected chi connectivity index (χ4v) is 3.61. The van der Waals surface area contributed by atoms with E-state index in [1.807, 2.05) is 11.8 Å². The molecule has 2 aromatic heterocycles. The van der Waals surface area contributed by atoms with Gasteiger partial charge in [0.15, 0.2) is 11.2 Å². The molecule has 1 aromatic carbocycles. The molecule has 3 heterocycles. The smallest absolute Gasteiger partial charge is 0.406 e. The molecule has 0 bridgehead atoms. The first-order chi connectivity index (χ1) is 14.3. The lowest BCUT2D eigenvalue weighted by atomic mass is 10.1. The molecule has 3 aromatic rings. The van der Waals surface area contributed by atoms with Gasteiger partial charge in [0.1, 0.15) is 16.7 Å². The summed E-state index contributed by atoms with van der Waals surface area (Å²) >= 11 is 5.55. The average Bonchev–Trinajstić information content (AvgIpc) is 3.09. The van der Waals surface area contributed by atoms with Crippen LogP contribution in [0.2, 0.25) is 5.02 Å². The van der Waals surface area contributed by atoms with Crippen LogP contribution in [0.15, 0.2) is 33.6 Å². The van der Waals surface area contributed by atoms with E-state index in [0.29, 0.717) is 42.2 Å². The number of anilines is 2. The molecule has 1 amide bonds. The van der Waals surface area contributed by atoms with Gasteiger partial charge in [-0.15, -0.1) is 0 Å². The molecule has 0 spiro atoms. The van der Waals surface area contributed by atoms with Crippen molar-refractivity contribution in [1.29, 1.82) is 0 Å². The van der Waals surface area contributed by atoms with Gasteiger partial charge in [0, 0.05) is 37.4 Å². The monoisotopic (exact) mass is 437 g/mol. The molecule has 0 aliphatic carbocycles. The number of benzene rings is 1. The number of pyridine rings is 1. The third-order valence-electron chi connectivity index (χ3n) is 5.00. The Hall–Kier alpha value is -3.14. The molecule has 30 heavy (non-hydrogen) atoms. The summed E-state index contributed by atoms with van der Waals surface area (Å²) in [5, 5.41) is 2.44. The Morgan fingerprint density at radius 1 is 1.33 bits per heavy atom. The van der Waals surface area contributed by atoms with Crippen LogP contribution in [0.25, 0.3) is 11.2 Å². The van der Waals surface area contributed by atoms with Gasteiger partial charge >= 0.3 is 5.76 Å². The Morgan fingerprint density at radius 3 is 2.77 bits per heavy atom. The molecule has 1 aliphatic heterocycles. The lowest BCUT2D eigenvalue weighted by Gasteiger charge is -2.41. The van der Waals surface area contributed by atoms with Crippen LogP contribution in [0, 0.1) is 11.6 Å². The van der Waals surface area contributed by atoms with E-state index < -0.39 is 22.4 Å². The SMILES string of the molecule is C[C@@H]1CN(C(=O)CNc2cnc3[nH]c(=O)oc3c2)CCN1c1cc(F)c(Cl)c(F)c1. The third kappa shape index (κ3) is 3.95. The summed E-state index contributed by atoms with van der Waals surface area (Å²) < 4.78 is 32.5. The molecule has 8 nitrogen and oxygen atoms in total. The Balaban J connectivity index is 1.37. The molecule has 158 valence electrons. The molecule has 11 heteroatoms. The van der Waals surface area contributed by atoms with E-state index in [4.69, 9.17) is 16.0 Å². The number of aromatic amines is 1. The van der Waals surface area contributed by atoms with Crippen molar-refractivity contribution in [2.24, 2.45) is 0 Å². The lowest BCUT2D eigenvalue weighted by molar-refractivity contribution is -0.130. The van der Waals surface area contributed by atoms with Crippen molar-refractivity contribution in [3.8, 4) is 0 Å². The fraction of sp³-hybridized carbons (Fsp3) is 0.316. The molecule has 0 radical (unpaired) electrons. The maximum Gasteiger partial charge on any atom is 0.418 e. The van der Waals surface area contributed by atoms with Crippen LogP contribution >= 0.6 is 11.6 Å². The zero-order chi connectivity index (χ0) is 21.4. The molecule has 1 aliphatic rings. The second-order valence-electron chi connectivity index (χ2n) is 7.04. The van der Waals surface area contributed by atoms with Crippen LogP contribution < -0.4 is 16.0 Å². The molecular weight excluding hydrogens is 420 g/mol. The van der Waals surface area contributed by atoms with Crippen molar-refractivity contribution >= 4 is 40.1 Å². The molecule has 1 fully saturated rings. The van der Waals surface area contributed by atoms with E-state index in [2.05, 4.69) is 15.3 Å². The number of carbonyl (C=O) groups is 1. The van der Waals surface area contributed by atoms with E-state index in [9.17, 15) is 18.4 Å². The maximum atomic E-state index is 13.8. The molecular formula is C19H18ClF2N5O3. The van der Waals surface area contributed by atoms with Crippen LogP contribution in [0.3, 0.4) is 0 Å². The largest absolute Gasteiger partial charge is 0.418 e. The Labute approximate surface area is 174 Å². The molecule has 1 atom stereocenters. The van der Waals surface area contributed by atoms with Gasteiger partial charge in [-0.3, -0.25) is 9.78 Å². The number of H-pyrrole nitrogens is 1. The highest BCUT2D eigenvalue weighted by atomic mass is 35.5. The number of nitrogens with zero attached hydrogens (tertiary/aromatic N) is 3. The molecule has 0 unspecified atom stereocenters. The molecule has 1 saturated heterocycles. The van der Waals surface area contributed by atoms with Crippen LogP contribution in [-0.2, 0) is 4.79 Å². The van der Waals surface area contributed by atoms with E-state index in [-0.39, 0.29) is 18.5 Å². The number of oxazole rings is 1. The quantitative estimate of drug-likeness (QED) is 0.609. The van der Waals surface area contributed by atoms with Crippen molar-refractivity contribution in [3.05, 3.63) is 51.6 Å². The minimum absolute atomic E-state index is 0.0266. The zero-order valence-electron chi connectivity index (χ0n) is 15.9.